The van der Waals surface area contributed by atoms with Gasteiger partial charge in [0.2, 0.25) is 5.95 Å². The van der Waals surface area contributed by atoms with Crippen molar-refractivity contribution in [3.8, 4) is 11.5 Å². The van der Waals surface area contributed by atoms with Crippen molar-refractivity contribution in [1.82, 2.24) is 9.97 Å². The standard InChI is InChI=1S/C20H19FN4O3/c1-27-17-5-7-18(8-6-17)28-10-9-22-20-23-12-14(13-24-20)19(26)25-16-4-2-3-15(21)11-16/h2-8,11-13H,9-10H2,1H3,(H,25,26)(H,22,23,24). The number of hydrogen-bond acceptors (Lipinski definition) is 6. The fourth-order valence-corrected chi connectivity index (χ4v) is 2.31. The molecule has 0 atom stereocenters. The Morgan fingerprint density at radius 3 is 2.46 bits per heavy atom. The first kappa shape index (κ1) is 19.1. The lowest BCUT2D eigenvalue weighted by Gasteiger charge is -2.09. The van der Waals surface area contributed by atoms with E-state index in [4.69, 9.17) is 9.47 Å². The largest absolute Gasteiger partial charge is 0.497 e. The summed E-state index contributed by atoms with van der Waals surface area (Å²) in [4.78, 5) is 20.3. The zero-order chi connectivity index (χ0) is 19.8. The van der Waals surface area contributed by atoms with Crippen LogP contribution in [-0.4, -0.2) is 36.1 Å². The normalized spacial score (nSPS) is 10.2. The predicted octanol–water partition coefficient (Wildman–Crippen LogP) is 3.37. The number of methoxy groups -OCH3 is 1. The average Bonchev–Trinajstić information content (AvgIpc) is 2.72. The Morgan fingerprint density at radius 2 is 1.79 bits per heavy atom. The summed E-state index contributed by atoms with van der Waals surface area (Å²) in [7, 11) is 1.61. The summed E-state index contributed by atoms with van der Waals surface area (Å²) in [5.74, 6) is 1.03. The van der Waals surface area contributed by atoms with E-state index in [2.05, 4.69) is 20.6 Å². The Bertz CT molecular complexity index is 917. The van der Waals surface area contributed by atoms with Crippen LogP contribution < -0.4 is 20.1 Å². The second-order valence-corrected chi connectivity index (χ2v) is 5.71. The third-order valence-electron chi connectivity index (χ3n) is 3.71. The highest BCUT2D eigenvalue weighted by Gasteiger charge is 2.08. The van der Waals surface area contributed by atoms with Gasteiger partial charge in [-0.15, -0.1) is 0 Å². The molecule has 7 nitrogen and oxygen atoms in total. The molecular weight excluding hydrogens is 363 g/mol. The Balaban J connectivity index is 1.45. The van der Waals surface area contributed by atoms with Crippen LogP contribution in [0.4, 0.5) is 16.0 Å². The lowest BCUT2D eigenvalue weighted by Crippen LogP contribution is -2.15. The average molecular weight is 382 g/mol. The van der Waals surface area contributed by atoms with Gasteiger partial charge in [-0.05, 0) is 42.5 Å². The molecule has 1 heterocycles. The monoisotopic (exact) mass is 382 g/mol. The molecule has 0 spiro atoms. The number of aromatic nitrogens is 2. The first-order valence-electron chi connectivity index (χ1n) is 8.54. The topological polar surface area (TPSA) is 85.4 Å². The molecule has 3 rings (SSSR count). The van der Waals surface area contributed by atoms with Gasteiger partial charge in [0.25, 0.3) is 5.91 Å². The van der Waals surface area contributed by atoms with Gasteiger partial charge in [-0.1, -0.05) is 6.07 Å². The molecule has 1 aromatic heterocycles. The van der Waals surface area contributed by atoms with E-state index < -0.39 is 11.7 Å². The van der Waals surface area contributed by atoms with Crippen molar-refractivity contribution in [3.05, 3.63) is 72.3 Å². The number of nitrogens with one attached hydrogen (secondary N) is 2. The van der Waals surface area contributed by atoms with Crippen LogP contribution in [0.5, 0.6) is 11.5 Å². The lowest BCUT2D eigenvalue weighted by atomic mass is 10.2. The molecule has 0 aliphatic heterocycles. The van der Waals surface area contributed by atoms with Crippen LogP contribution >= 0.6 is 0 Å². The van der Waals surface area contributed by atoms with Crippen molar-refractivity contribution >= 4 is 17.5 Å². The molecule has 0 unspecified atom stereocenters. The van der Waals surface area contributed by atoms with E-state index in [1.54, 1.807) is 13.2 Å². The van der Waals surface area contributed by atoms with E-state index in [1.165, 1.54) is 30.6 Å². The van der Waals surface area contributed by atoms with Gasteiger partial charge in [0, 0.05) is 18.1 Å². The predicted molar refractivity (Wildman–Crippen MR) is 103 cm³/mol. The van der Waals surface area contributed by atoms with E-state index in [9.17, 15) is 9.18 Å². The first-order chi connectivity index (χ1) is 13.6. The summed E-state index contributed by atoms with van der Waals surface area (Å²) in [6, 6.07) is 12.9. The van der Waals surface area contributed by atoms with Crippen LogP contribution in [-0.2, 0) is 0 Å². The van der Waals surface area contributed by atoms with E-state index in [0.717, 1.165) is 11.5 Å². The summed E-state index contributed by atoms with van der Waals surface area (Å²) in [5.41, 5.74) is 0.632. The number of benzene rings is 2. The first-order valence-corrected chi connectivity index (χ1v) is 8.54. The number of anilines is 2. The Kier molecular flexibility index (Phi) is 6.35. The molecule has 2 N–H and O–H groups in total. The Morgan fingerprint density at radius 1 is 1.07 bits per heavy atom. The summed E-state index contributed by atoms with van der Waals surface area (Å²) < 4.78 is 23.8. The summed E-state index contributed by atoms with van der Waals surface area (Å²) in [5, 5.41) is 5.60. The van der Waals surface area contributed by atoms with Crippen LogP contribution in [0.15, 0.2) is 60.9 Å². The highest BCUT2D eigenvalue weighted by atomic mass is 19.1. The molecule has 3 aromatic rings. The fraction of sp³-hybridized carbons (Fsp3) is 0.150. The maximum absolute atomic E-state index is 13.2. The molecular formula is C20H19FN4O3. The van der Waals surface area contributed by atoms with Gasteiger partial charge in [0.15, 0.2) is 0 Å². The van der Waals surface area contributed by atoms with Crippen LogP contribution in [0.25, 0.3) is 0 Å². The van der Waals surface area contributed by atoms with E-state index >= 15 is 0 Å². The van der Waals surface area contributed by atoms with Gasteiger partial charge in [0.1, 0.15) is 23.9 Å². The summed E-state index contributed by atoms with van der Waals surface area (Å²) >= 11 is 0. The quantitative estimate of drug-likeness (QED) is 0.581. The molecule has 0 fully saturated rings. The molecule has 8 heteroatoms. The maximum Gasteiger partial charge on any atom is 0.258 e. The number of carbonyl (C=O) groups excluding carboxylic acids is 1. The smallest absolute Gasteiger partial charge is 0.258 e. The van der Waals surface area contributed by atoms with Gasteiger partial charge in [-0.2, -0.15) is 0 Å². The molecule has 0 aliphatic rings. The molecule has 28 heavy (non-hydrogen) atoms. The molecule has 0 radical (unpaired) electrons. The van der Waals surface area contributed by atoms with Gasteiger partial charge < -0.3 is 20.1 Å². The SMILES string of the molecule is COc1ccc(OCCNc2ncc(C(=O)Nc3cccc(F)c3)cn2)cc1. The third-order valence-corrected chi connectivity index (χ3v) is 3.71. The molecule has 0 saturated heterocycles. The van der Waals surface area contributed by atoms with Crippen LogP contribution in [0, 0.1) is 5.82 Å². The van der Waals surface area contributed by atoms with Crippen molar-refractivity contribution in [2.45, 2.75) is 0 Å². The molecule has 0 aliphatic carbocycles. The second-order valence-electron chi connectivity index (χ2n) is 5.71. The van der Waals surface area contributed by atoms with E-state index in [0.29, 0.717) is 24.8 Å². The minimum Gasteiger partial charge on any atom is -0.497 e. The third kappa shape index (κ3) is 5.41. The van der Waals surface area contributed by atoms with Crippen LogP contribution in [0.2, 0.25) is 0 Å². The Hall–Kier alpha value is -3.68. The number of halogens is 1. The number of carbonyl (C=O) groups is 1. The van der Waals surface area contributed by atoms with Crippen molar-refractivity contribution < 1.29 is 18.7 Å². The number of rotatable bonds is 8. The maximum atomic E-state index is 13.2. The van der Waals surface area contributed by atoms with Crippen molar-refractivity contribution in [2.75, 3.05) is 30.9 Å². The van der Waals surface area contributed by atoms with Crippen molar-refractivity contribution in [3.63, 3.8) is 0 Å². The number of amides is 1. The number of nitrogens with zero attached hydrogens (tertiary/aromatic N) is 2. The summed E-state index contributed by atoms with van der Waals surface area (Å²) in [6.45, 7) is 0.901. The minimum atomic E-state index is -0.426. The fourth-order valence-electron chi connectivity index (χ4n) is 2.31. The highest BCUT2D eigenvalue weighted by Crippen LogP contribution is 2.16. The number of ether oxygens (including phenoxy) is 2. The lowest BCUT2D eigenvalue weighted by molar-refractivity contribution is 0.102. The molecule has 2 aromatic carbocycles. The van der Waals surface area contributed by atoms with Gasteiger partial charge in [-0.25, -0.2) is 14.4 Å². The van der Waals surface area contributed by atoms with Gasteiger partial charge in [0.05, 0.1) is 19.2 Å². The summed E-state index contributed by atoms with van der Waals surface area (Å²) in [6.07, 6.45) is 2.79. The zero-order valence-corrected chi connectivity index (χ0v) is 15.2. The molecule has 144 valence electrons. The second kappa shape index (κ2) is 9.31. The molecule has 1 amide bonds. The molecule has 0 saturated carbocycles. The van der Waals surface area contributed by atoms with Crippen molar-refractivity contribution in [1.29, 1.82) is 0 Å². The highest BCUT2D eigenvalue weighted by molar-refractivity contribution is 6.03. The van der Waals surface area contributed by atoms with Crippen LogP contribution in [0.3, 0.4) is 0 Å². The minimum absolute atomic E-state index is 0.268. The van der Waals surface area contributed by atoms with E-state index in [-0.39, 0.29) is 5.56 Å². The molecule has 0 bridgehead atoms. The van der Waals surface area contributed by atoms with Gasteiger partial charge >= 0.3 is 0 Å². The van der Waals surface area contributed by atoms with Gasteiger partial charge in [-0.3, -0.25) is 4.79 Å². The van der Waals surface area contributed by atoms with Crippen molar-refractivity contribution in [2.24, 2.45) is 0 Å². The zero-order valence-electron chi connectivity index (χ0n) is 15.2. The Labute approximate surface area is 161 Å². The number of hydrogen-bond donors (Lipinski definition) is 2. The van der Waals surface area contributed by atoms with E-state index in [1.807, 2.05) is 24.3 Å². The van der Waals surface area contributed by atoms with Crippen LogP contribution in [0.1, 0.15) is 10.4 Å².